The molecule has 0 radical (unpaired) electrons. The van der Waals surface area contributed by atoms with Crippen LogP contribution in [0.5, 0.6) is 0 Å². The van der Waals surface area contributed by atoms with Crippen LogP contribution in [0.1, 0.15) is 31.9 Å². The van der Waals surface area contributed by atoms with E-state index in [1.165, 1.54) is 0 Å². The number of aromatic nitrogens is 1. The lowest BCUT2D eigenvalue weighted by Crippen LogP contribution is -2.45. The van der Waals surface area contributed by atoms with E-state index in [-0.39, 0.29) is 11.6 Å². The molecule has 1 aliphatic heterocycles. The van der Waals surface area contributed by atoms with Crippen LogP contribution in [-0.2, 0) is 4.74 Å². The molecule has 1 atom stereocenters. The third kappa shape index (κ3) is 4.34. The fourth-order valence-electron chi connectivity index (χ4n) is 2.55. The van der Waals surface area contributed by atoms with Gasteiger partial charge in [0.25, 0.3) is 0 Å². The number of rotatable bonds is 4. The zero-order chi connectivity index (χ0) is 16.2. The molecule has 1 saturated heterocycles. The van der Waals surface area contributed by atoms with Crippen molar-refractivity contribution >= 4 is 17.5 Å². The van der Waals surface area contributed by atoms with E-state index in [0.29, 0.717) is 12.2 Å². The highest BCUT2D eigenvalue weighted by atomic mass is 16.5. The minimum Gasteiger partial charge on any atom is -0.373 e. The first kappa shape index (κ1) is 16.5. The summed E-state index contributed by atoms with van der Waals surface area (Å²) in [4.78, 5) is 18.5. The van der Waals surface area contributed by atoms with E-state index in [1.54, 1.807) is 0 Å². The van der Waals surface area contributed by atoms with E-state index in [4.69, 9.17) is 4.74 Å². The van der Waals surface area contributed by atoms with Crippen molar-refractivity contribution in [1.29, 1.82) is 0 Å². The minimum atomic E-state index is -0.258. The SMILES string of the molecule is Cc1ccc(NC(=O)NC[C@@]2(C)CCCCO2)c(N(C)C)n1. The topological polar surface area (TPSA) is 66.5 Å². The van der Waals surface area contributed by atoms with E-state index in [9.17, 15) is 4.79 Å². The Kier molecular flexibility index (Phi) is 5.24. The molecule has 0 unspecified atom stereocenters. The number of aryl methyl sites for hydroxylation is 1. The smallest absolute Gasteiger partial charge is 0.319 e. The maximum Gasteiger partial charge on any atom is 0.319 e. The summed E-state index contributed by atoms with van der Waals surface area (Å²) in [7, 11) is 3.81. The Morgan fingerprint density at radius 1 is 1.41 bits per heavy atom. The van der Waals surface area contributed by atoms with Gasteiger partial charge in [0.05, 0.1) is 11.3 Å². The van der Waals surface area contributed by atoms with Gasteiger partial charge in [-0.1, -0.05) is 0 Å². The van der Waals surface area contributed by atoms with Crippen molar-refractivity contribution in [3.8, 4) is 0 Å². The van der Waals surface area contributed by atoms with Gasteiger partial charge < -0.3 is 20.3 Å². The third-order valence-electron chi connectivity index (χ3n) is 3.86. The van der Waals surface area contributed by atoms with Crippen molar-refractivity contribution in [2.45, 2.75) is 38.7 Å². The van der Waals surface area contributed by atoms with Gasteiger partial charge in [-0.25, -0.2) is 9.78 Å². The second-order valence-corrected chi connectivity index (χ2v) is 6.28. The van der Waals surface area contributed by atoms with Gasteiger partial charge in [0.2, 0.25) is 0 Å². The molecule has 0 saturated carbocycles. The van der Waals surface area contributed by atoms with Crippen molar-refractivity contribution in [2.24, 2.45) is 0 Å². The monoisotopic (exact) mass is 306 g/mol. The van der Waals surface area contributed by atoms with E-state index < -0.39 is 0 Å². The molecule has 0 aliphatic carbocycles. The number of urea groups is 1. The minimum absolute atomic E-state index is 0.232. The number of pyridine rings is 1. The van der Waals surface area contributed by atoms with Gasteiger partial charge in [-0.3, -0.25) is 0 Å². The number of nitrogens with one attached hydrogen (secondary N) is 2. The average Bonchev–Trinajstić information content (AvgIpc) is 2.48. The summed E-state index contributed by atoms with van der Waals surface area (Å²) in [5, 5.41) is 5.77. The van der Waals surface area contributed by atoms with Gasteiger partial charge in [0.1, 0.15) is 0 Å². The van der Waals surface area contributed by atoms with Crippen LogP contribution >= 0.6 is 0 Å². The van der Waals surface area contributed by atoms with Crippen LogP contribution in [0.3, 0.4) is 0 Å². The van der Waals surface area contributed by atoms with Gasteiger partial charge in [-0.15, -0.1) is 0 Å². The summed E-state index contributed by atoms with van der Waals surface area (Å²) in [5.74, 6) is 0.746. The molecule has 2 rings (SSSR count). The Bertz CT molecular complexity index is 525. The number of hydrogen-bond acceptors (Lipinski definition) is 4. The summed E-state index contributed by atoms with van der Waals surface area (Å²) in [6, 6.07) is 3.52. The molecule has 1 aromatic rings. The summed E-state index contributed by atoms with van der Waals surface area (Å²) >= 11 is 0. The Morgan fingerprint density at radius 2 is 2.18 bits per heavy atom. The lowest BCUT2D eigenvalue weighted by atomic mass is 9.96. The lowest BCUT2D eigenvalue weighted by Gasteiger charge is -2.33. The molecule has 6 heteroatoms. The lowest BCUT2D eigenvalue weighted by molar-refractivity contribution is -0.0612. The molecule has 0 bridgehead atoms. The third-order valence-corrected chi connectivity index (χ3v) is 3.86. The van der Waals surface area contributed by atoms with Crippen molar-refractivity contribution < 1.29 is 9.53 Å². The molecule has 2 amide bonds. The van der Waals surface area contributed by atoms with Crippen LogP contribution in [0, 0.1) is 6.92 Å². The first-order valence-corrected chi connectivity index (χ1v) is 7.73. The van der Waals surface area contributed by atoms with Gasteiger partial charge >= 0.3 is 6.03 Å². The molecule has 2 heterocycles. The molecular formula is C16H26N4O2. The molecule has 1 aromatic heterocycles. The Morgan fingerprint density at radius 3 is 2.82 bits per heavy atom. The standard InChI is InChI=1S/C16H26N4O2/c1-12-7-8-13(14(18-12)20(3)4)19-15(21)17-11-16(2)9-5-6-10-22-16/h7-8H,5-6,9-11H2,1-4H3,(H2,17,19,21)/t16-/m1/s1. The Hall–Kier alpha value is -1.82. The number of carbonyl (C=O) groups excluding carboxylic acids is 1. The molecule has 6 nitrogen and oxygen atoms in total. The number of ether oxygens (including phenoxy) is 1. The first-order valence-electron chi connectivity index (χ1n) is 7.73. The number of anilines is 2. The number of hydrogen-bond donors (Lipinski definition) is 2. The fourth-order valence-corrected chi connectivity index (χ4v) is 2.55. The van der Waals surface area contributed by atoms with Crippen molar-refractivity contribution in [2.75, 3.05) is 37.5 Å². The second kappa shape index (κ2) is 6.96. The second-order valence-electron chi connectivity index (χ2n) is 6.28. The highest BCUT2D eigenvalue weighted by Gasteiger charge is 2.28. The largest absolute Gasteiger partial charge is 0.373 e. The van der Waals surface area contributed by atoms with Crippen LogP contribution in [0.4, 0.5) is 16.3 Å². The summed E-state index contributed by atoms with van der Waals surface area (Å²) < 4.78 is 5.78. The molecular weight excluding hydrogens is 280 g/mol. The van der Waals surface area contributed by atoms with Crippen molar-refractivity contribution in [1.82, 2.24) is 10.3 Å². The van der Waals surface area contributed by atoms with Crippen LogP contribution in [0.2, 0.25) is 0 Å². The predicted molar refractivity (Wildman–Crippen MR) is 88.5 cm³/mol. The van der Waals surface area contributed by atoms with Crippen LogP contribution in [0.25, 0.3) is 0 Å². The summed E-state index contributed by atoms with van der Waals surface area (Å²) in [6.07, 6.45) is 3.22. The van der Waals surface area contributed by atoms with Gasteiger partial charge in [0, 0.05) is 32.9 Å². The van der Waals surface area contributed by atoms with E-state index in [2.05, 4.69) is 15.6 Å². The van der Waals surface area contributed by atoms with Crippen LogP contribution in [-0.4, -0.2) is 43.9 Å². The highest BCUT2D eigenvalue weighted by molar-refractivity contribution is 5.92. The molecule has 22 heavy (non-hydrogen) atoms. The van der Waals surface area contributed by atoms with E-state index in [0.717, 1.165) is 37.4 Å². The predicted octanol–water partition coefficient (Wildman–Crippen LogP) is 2.54. The average molecular weight is 306 g/mol. The van der Waals surface area contributed by atoms with Gasteiger partial charge in [-0.2, -0.15) is 0 Å². The Balaban J connectivity index is 1.94. The number of carbonyl (C=O) groups is 1. The highest BCUT2D eigenvalue weighted by Crippen LogP contribution is 2.24. The van der Waals surface area contributed by atoms with Gasteiger partial charge in [-0.05, 0) is 45.2 Å². The quantitative estimate of drug-likeness (QED) is 0.897. The molecule has 0 spiro atoms. The van der Waals surface area contributed by atoms with Crippen LogP contribution in [0.15, 0.2) is 12.1 Å². The van der Waals surface area contributed by atoms with Crippen molar-refractivity contribution in [3.63, 3.8) is 0 Å². The molecule has 1 fully saturated rings. The molecule has 0 aromatic carbocycles. The first-order chi connectivity index (χ1) is 10.4. The molecule has 1 aliphatic rings. The van der Waals surface area contributed by atoms with Crippen molar-refractivity contribution in [3.05, 3.63) is 17.8 Å². The Labute approximate surface area is 132 Å². The number of nitrogens with zero attached hydrogens (tertiary/aromatic N) is 2. The van der Waals surface area contributed by atoms with E-state index in [1.807, 2.05) is 45.0 Å². The number of amides is 2. The maximum absolute atomic E-state index is 12.1. The molecule has 122 valence electrons. The summed E-state index contributed by atoms with van der Waals surface area (Å²) in [6.45, 7) is 5.26. The van der Waals surface area contributed by atoms with Crippen LogP contribution < -0.4 is 15.5 Å². The van der Waals surface area contributed by atoms with E-state index >= 15 is 0 Å². The zero-order valence-corrected chi connectivity index (χ0v) is 13.9. The maximum atomic E-state index is 12.1. The molecule has 2 N–H and O–H groups in total. The summed E-state index contributed by atoms with van der Waals surface area (Å²) in [5.41, 5.74) is 1.35. The zero-order valence-electron chi connectivity index (χ0n) is 13.9. The van der Waals surface area contributed by atoms with Gasteiger partial charge in [0.15, 0.2) is 5.82 Å². The fraction of sp³-hybridized carbons (Fsp3) is 0.625. The normalized spacial score (nSPS) is 21.3.